The molecule has 1 aromatic carbocycles. The van der Waals surface area contributed by atoms with Crippen LogP contribution in [0, 0.1) is 0 Å². The van der Waals surface area contributed by atoms with Crippen LogP contribution in [-0.4, -0.2) is 17.2 Å². The maximum absolute atomic E-state index is 10.6. The standard InChI is InChI=1S/C13H18O3/c1-9(12(14)15)16-11-7-5-10(6-8-11)13(2,3)4/h5-9H,1-4H3,(H,14,15)/t9-/m0/s1. The number of ether oxygens (including phenoxy) is 1. The third-order valence-corrected chi connectivity index (χ3v) is 2.38. The monoisotopic (exact) mass is 222 g/mol. The van der Waals surface area contributed by atoms with Gasteiger partial charge in [0.1, 0.15) is 5.75 Å². The predicted octanol–water partition coefficient (Wildman–Crippen LogP) is 2.84. The Morgan fingerprint density at radius 2 is 1.75 bits per heavy atom. The predicted molar refractivity (Wildman–Crippen MR) is 62.9 cm³/mol. The molecular weight excluding hydrogens is 204 g/mol. The number of aliphatic carboxylic acids is 1. The highest BCUT2D eigenvalue weighted by molar-refractivity contribution is 5.72. The summed E-state index contributed by atoms with van der Waals surface area (Å²) in [6, 6.07) is 7.54. The first kappa shape index (κ1) is 12.6. The zero-order chi connectivity index (χ0) is 12.3. The Kier molecular flexibility index (Phi) is 3.58. The number of hydrogen-bond acceptors (Lipinski definition) is 2. The van der Waals surface area contributed by atoms with E-state index in [0.717, 1.165) is 0 Å². The van der Waals surface area contributed by atoms with Gasteiger partial charge in [-0.15, -0.1) is 0 Å². The Bertz CT molecular complexity index is 360. The van der Waals surface area contributed by atoms with Crippen LogP contribution in [0.2, 0.25) is 0 Å². The molecule has 0 bridgehead atoms. The number of rotatable bonds is 3. The Morgan fingerprint density at radius 1 is 1.25 bits per heavy atom. The molecule has 1 N–H and O–H groups in total. The average molecular weight is 222 g/mol. The van der Waals surface area contributed by atoms with Gasteiger partial charge in [-0.2, -0.15) is 0 Å². The van der Waals surface area contributed by atoms with Crippen LogP contribution in [0.1, 0.15) is 33.3 Å². The molecule has 0 aliphatic carbocycles. The SMILES string of the molecule is C[C@H](Oc1ccc(C(C)(C)C)cc1)C(=O)O. The molecule has 0 saturated heterocycles. The normalized spacial score (nSPS) is 13.2. The molecule has 3 nitrogen and oxygen atoms in total. The van der Waals surface area contributed by atoms with Gasteiger partial charge in [-0.05, 0) is 30.0 Å². The molecule has 0 heterocycles. The summed E-state index contributed by atoms with van der Waals surface area (Å²) in [5.74, 6) is -0.372. The van der Waals surface area contributed by atoms with Crippen LogP contribution in [0.15, 0.2) is 24.3 Å². The van der Waals surface area contributed by atoms with Crippen LogP contribution < -0.4 is 4.74 Å². The highest BCUT2D eigenvalue weighted by Crippen LogP contribution is 2.24. The summed E-state index contributed by atoms with van der Waals surface area (Å²) in [5, 5.41) is 8.70. The van der Waals surface area contributed by atoms with Gasteiger partial charge < -0.3 is 9.84 Å². The van der Waals surface area contributed by atoms with Crippen molar-refractivity contribution >= 4 is 5.97 Å². The lowest BCUT2D eigenvalue weighted by Gasteiger charge is -2.19. The number of benzene rings is 1. The fourth-order valence-electron chi connectivity index (χ4n) is 1.29. The molecule has 0 aliphatic rings. The second kappa shape index (κ2) is 4.56. The summed E-state index contributed by atoms with van der Waals surface area (Å²) in [5.41, 5.74) is 1.29. The molecule has 0 spiro atoms. The van der Waals surface area contributed by atoms with E-state index >= 15 is 0 Å². The van der Waals surface area contributed by atoms with Crippen molar-refractivity contribution in [3.63, 3.8) is 0 Å². The van der Waals surface area contributed by atoms with Gasteiger partial charge in [-0.25, -0.2) is 4.79 Å². The van der Waals surface area contributed by atoms with Crippen molar-refractivity contribution in [1.29, 1.82) is 0 Å². The molecule has 1 rings (SSSR count). The molecule has 0 unspecified atom stereocenters. The van der Waals surface area contributed by atoms with Crippen molar-refractivity contribution in [1.82, 2.24) is 0 Å². The Balaban J connectivity index is 2.76. The number of carboxylic acid groups (broad SMARTS) is 1. The molecule has 88 valence electrons. The molecule has 0 radical (unpaired) electrons. The van der Waals surface area contributed by atoms with Crippen molar-refractivity contribution in [3.8, 4) is 5.75 Å². The van der Waals surface area contributed by atoms with E-state index in [-0.39, 0.29) is 5.41 Å². The lowest BCUT2D eigenvalue weighted by molar-refractivity contribution is -0.144. The number of hydrogen-bond donors (Lipinski definition) is 1. The lowest BCUT2D eigenvalue weighted by atomic mass is 9.87. The summed E-state index contributed by atoms with van der Waals surface area (Å²) in [4.78, 5) is 10.6. The second-order valence-corrected chi connectivity index (χ2v) is 4.87. The molecule has 0 amide bonds. The van der Waals surface area contributed by atoms with Crippen LogP contribution in [-0.2, 0) is 10.2 Å². The van der Waals surface area contributed by atoms with Gasteiger partial charge in [-0.1, -0.05) is 32.9 Å². The zero-order valence-corrected chi connectivity index (χ0v) is 10.2. The summed E-state index contributed by atoms with van der Waals surface area (Å²) >= 11 is 0. The summed E-state index contributed by atoms with van der Waals surface area (Å²) in [6.45, 7) is 7.90. The molecular formula is C13H18O3. The fourth-order valence-corrected chi connectivity index (χ4v) is 1.29. The van der Waals surface area contributed by atoms with E-state index in [0.29, 0.717) is 5.75 Å². The largest absolute Gasteiger partial charge is 0.479 e. The van der Waals surface area contributed by atoms with E-state index in [1.165, 1.54) is 12.5 Å². The molecule has 0 saturated carbocycles. The Labute approximate surface area is 96.1 Å². The minimum Gasteiger partial charge on any atom is -0.479 e. The molecule has 0 aromatic heterocycles. The van der Waals surface area contributed by atoms with Gasteiger partial charge in [0.15, 0.2) is 6.10 Å². The quantitative estimate of drug-likeness (QED) is 0.855. The average Bonchev–Trinajstić information content (AvgIpc) is 2.17. The molecule has 1 aromatic rings. The summed E-state index contributed by atoms with van der Waals surface area (Å²) < 4.78 is 5.24. The smallest absolute Gasteiger partial charge is 0.344 e. The van der Waals surface area contributed by atoms with E-state index in [1.54, 1.807) is 12.1 Å². The first-order chi connectivity index (χ1) is 7.30. The van der Waals surface area contributed by atoms with Gasteiger partial charge in [0.25, 0.3) is 0 Å². The molecule has 0 aliphatic heterocycles. The van der Waals surface area contributed by atoms with Crippen LogP contribution >= 0.6 is 0 Å². The van der Waals surface area contributed by atoms with Crippen molar-refractivity contribution < 1.29 is 14.6 Å². The van der Waals surface area contributed by atoms with Gasteiger partial charge in [0.05, 0.1) is 0 Å². The Hall–Kier alpha value is -1.51. The second-order valence-electron chi connectivity index (χ2n) is 4.87. The molecule has 16 heavy (non-hydrogen) atoms. The van der Waals surface area contributed by atoms with Crippen LogP contribution in [0.5, 0.6) is 5.75 Å². The number of carboxylic acids is 1. The lowest BCUT2D eigenvalue weighted by Crippen LogP contribution is -2.22. The van der Waals surface area contributed by atoms with E-state index in [4.69, 9.17) is 9.84 Å². The minimum atomic E-state index is -0.958. The number of carbonyl (C=O) groups is 1. The Morgan fingerprint density at radius 3 is 2.12 bits per heavy atom. The van der Waals surface area contributed by atoms with E-state index in [2.05, 4.69) is 20.8 Å². The minimum absolute atomic E-state index is 0.0942. The molecule has 0 fully saturated rings. The molecule has 3 heteroatoms. The maximum atomic E-state index is 10.6. The zero-order valence-electron chi connectivity index (χ0n) is 10.2. The third kappa shape index (κ3) is 3.26. The first-order valence-corrected chi connectivity index (χ1v) is 5.30. The summed E-state index contributed by atoms with van der Waals surface area (Å²) in [7, 11) is 0. The van der Waals surface area contributed by atoms with E-state index < -0.39 is 12.1 Å². The van der Waals surface area contributed by atoms with E-state index in [1.807, 2.05) is 12.1 Å². The fraction of sp³-hybridized carbons (Fsp3) is 0.462. The maximum Gasteiger partial charge on any atom is 0.344 e. The topological polar surface area (TPSA) is 46.5 Å². The summed E-state index contributed by atoms with van der Waals surface area (Å²) in [6.07, 6.45) is -0.819. The highest BCUT2D eigenvalue weighted by atomic mass is 16.5. The van der Waals surface area contributed by atoms with Crippen LogP contribution in [0.25, 0.3) is 0 Å². The first-order valence-electron chi connectivity index (χ1n) is 5.30. The van der Waals surface area contributed by atoms with E-state index in [9.17, 15) is 4.79 Å². The van der Waals surface area contributed by atoms with Crippen molar-refractivity contribution in [2.75, 3.05) is 0 Å². The van der Waals surface area contributed by atoms with Crippen LogP contribution in [0.3, 0.4) is 0 Å². The van der Waals surface area contributed by atoms with Gasteiger partial charge in [0.2, 0.25) is 0 Å². The third-order valence-electron chi connectivity index (χ3n) is 2.38. The van der Waals surface area contributed by atoms with Crippen LogP contribution in [0.4, 0.5) is 0 Å². The van der Waals surface area contributed by atoms with Gasteiger partial charge >= 0.3 is 5.97 Å². The highest BCUT2D eigenvalue weighted by Gasteiger charge is 2.15. The van der Waals surface area contributed by atoms with Crippen molar-refractivity contribution in [3.05, 3.63) is 29.8 Å². The molecule has 1 atom stereocenters. The van der Waals surface area contributed by atoms with Gasteiger partial charge in [-0.3, -0.25) is 0 Å². The van der Waals surface area contributed by atoms with Gasteiger partial charge in [0, 0.05) is 0 Å². The van der Waals surface area contributed by atoms with Crippen molar-refractivity contribution in [2.45, 2.75) is 39.2 Å². The van der Waals surface area contributed by atoms with Crippen molar-refractivity contribution in [2.24, 2.45) is 0 Å².